The van der Waals surface area contributed by atoms with Crippen LogP contribution in [0.2, 0.25) is 0 Å². The zero-order valence-corrected chi connectivity index (χ0v) is 36.5. The van der Waals surface area contributed by atoms with E-state index in [1.807, 2.05) is 75.4 Å². The normalized spacial score (nSPS) is 25.0. The van der Waals surface area contributed by atoms with E-state index in [2.05, 4.69) is 21.3 Å². The molecule has 15 heteroatoms. The number of nitriles is 1. The highest BCUT2D eigenvalue weighted by Crippen LogP contribution is 2.57. The maximum absolute atomic E-state index is 15.1. The highest BCUT2D eigenvalue weighted by Gasteiger charge is 2.51. The molecule has 1 aromatic heterocycles. The van der Waals surface area contributed by atoms with Crippen LogP contribution < -0.4 is 29.0 Å². The van der Waals surface area contributed by atoms with Crippen LogP contribution in [0.5, 0.6) is 34.5 Å². The van der Waals surface area contributed by atoms with Gasteiger partial charge in [0.1, 0.15) is 24.7 Å². The first-order valence-corrected chi connectivity index (χ1v) is 22.4. The average molecular weight is 871 g/mol. The van der Waals surface area contributed by atoms with Gasteiger partial charge in [-0.1, -0.05) is 49.4 Å². The molecule has 0 aliphatic carbocycles. The Hall–Kier alpha value is -5.92. The van der Waals surface area contributed by atoms with Crippen LogP contribution in [-0.4, -0.2) is 77.9 Å². The van der Waals surface area contributed by atoms with Crippen LogP contribution >= 0.6 is 11.8 Å². The summed E-state index contributed by atoms with van der Waals surface area (Å²) in [6, 6.07) is 17.4. The molecule has 6 atom stereocenters. The Morgan fingerprint density at radius 3 is 2.67 bits per heavy atom. The van der Waals surface area contributed by atoms with Crippen molar-refractivity contribution >= 4 is 34.6 Å². The van der Waals surface area contributed by atoms with Crippen molar-refractivity contribution in [2.75, 3.05) is 32.8 Å². The number of aromatic amines is 1. The number of aromatic hydroxyl groups is 1. The summed E-state index contributed by atoms with van der Waals surface area (Å²) in [5, 5.41) is 32.5. The number of aromatic nitrogens is 1. The van der Waals surface area contributed by atoms with E-state index >= 15 is 4.79 Å². The zero-order valence-electron chi connectivity index (χ0n) is 35.7. The highest BCUT2D eigenvalue weighted by atomic mass is 32.2. The summed E-state index contributed by atoms with van der Waals surface area (Å²) in [6.45, 7) is 7.73. The number of phenolic OH excluding ortho intramolecular Hbond substituents is 1. The fourth-order valence-electron chi connectivity index (χ4n) is 10.5. The van der Waals surface area contributed by atoms with Gasteiger partial charge in [-0.3, -0.25) is 15.0 Å². The van der Waals surface area contributed by atoms with E-state index in [9.17, 15) is 15.2 Å². The lowest BCUT2D eigenvalue weighted by Gasteiger charge is -2.61. The van der Waals surface area contributed by atoms with Crippen molar-refractivity contribution in [2.45, 2.75) is 88.6 Å². The monoisotopic (exact) mass is 870 g/mol. The van der Waals surface area contributed by atoms with Gasteiger partial charge in [0.15, 0.2) is 28.5 Å². The molecule has 63 heavy (non-hydrogen) atoms. The molecule has 6 heterocycles. The molecule has 5 aromatic rings. The van der Waals surface area contributed by atoms with Gasteiger partial charge in [0, 0.05) is 52.6 Å². The Bertz CT molecular complexity index is 2720. The predicted octanol–water partition coefficient (Wildman–Crippen LogP) is 7.24. The number of nitrogens with zero attached hydrogens (tertiary/aromatic N) is 3. The number of piperazine rings is 1. The number of esters is 2. The van der Waals surface area contributed by atoms with E-state index in [4.69, 9.17) is 33.7 Å². The summed E-state index contributed by atoms with van der Waals surface area (Å²) in [5.41, 5.74) is 6.64. The first kappa shape index (κ1) is 41.1. The van der Waals surface area contributed by atoms with Gasteiger partial charge >= 0.3 is 11.9 Å². The maximum atomic E-state index is 15.1. The number of benzene rings is 4. The third-order valence-corrected chi connectivity index (χ3v) is 14.4. The number of carbonyl (C=O) groups is 2. The van der Waals surface area contributed by atoms with Crippen LogP contribution in [0.3, 0.4) is 0 Å². The van der Waals surface area contributed by atoms with Crippen LogP contribution in [0.15, 0.2) is 54.6 Å². The highest BCUT2D eigenvalue weighted by molar-refractivity contribution is 7.98. The maximum Gasteiger partial charge on any atom is 0.333 e. The topological polar surface area (TPSA) is 179 Å². The molecule has 1 fully saturated rings. The number of cyclic esters (lactones) is 1. The summed E-state index contributed by atoms with van der Waals surface area (Å²) in [4.78, 5) is 33.7. The van der Waals surface area contributed by atoms with Gasteiger partial charge in [-0.2, -0.15) is 17.0 Å². The molecule has 0 amide bonds. The van der Waals surface area contributed by atoms with E-state index in [0.717, 1.165) is 44.6 Å². The smallest absolute Gasteiger partial charge is 0.333 e. The Balaban J connectivity index is 1.09. The number of fused-ring (bicyclic) bond motifs is 11. The fourth-order valence-corrected chi connectivity index (χ4v) is 11.8. The summed E-state index contributed by atoms with van der Waals surface area (Å²) < 4.78 is 36.9. The molecular formula is C48H48N5O9S-. The van der Waals surface area contributed by atoms with Gasteiger partial charge in [-0.15, -0.1) is 6.04 Å². The first-order chi connectivity index (χ1) is 30.5. The van der Waals surface area contributed by atoms with Crippen molar-refractivity contribution in [3.8, 4) is 40.6 Å². The van der Waals surface area contributed by atoms with E-state index in [-0.39, 0.29) is 24.9 Å². The zero-order chi connectivity index (χ0) is 43.7. The molecular weight excluding hydrogens is 823 g/mol. The standard InChI is InChI=1S/C48H48N5O9S/c1-24-15-29-16-35-36(18-49)53(26(3)40(51-35)38(29)41(55)42(24)57-5)37-20-59-47(56)48(22-63-21-33-39(37)45-44(60-23-61-45)25(2)43(33)62-27(4)54)46-31(13-14-50-48)32-17-30(11-12-34(32)52-46)58-19-28-9-7-6-8-10-28/h6-12,15,17,26,35-37,40,50,52,55H,13-14,16,19-23H2,1-5H3/q-1/t26?,35-,36-,37-,40-,48+/m0/s1. The van der Waals surface area contributed by atoms with Crippen LogP contribution in [-0.2, 0) is 45.1 Å². The van der Waals surface area contributed by atoms with Crippen LogP contribution in [0, 0.1) is 25.2 Å². The number of methoxy groups -OCH3 is 1. The minimum atomic E-state index is -1.29. The minimum Gasteiger partial charge on any atom is -0.649 e. The van der Waals surface area contributed by atoms with Gasteiger partial charge in [-0.25, -0.2) is 4.79 Å². The van der Waals surface area contributed by atoms with Crippen molar-refractivity contribution in [3.63, 3.8) is 0 Å². The molecule has 4 aromatic carbocycles. The molecule has 2 bridgehead atoms. The molecule has 1 spiro atoms. The van der Waals surface area contributed by atoms with E-state index in [1.165, 1.54) is 25.8 Å². The van der Waals surface area contributed by atoms with Gasteiger partial charge in [-0.05, 0) is 78.7 Å². The molecule has 14 nitrogen and oxygen atoms in total. The van der Waals surface area contributed by atoms with Crippen molar-refractivity contribution in [3.05, 3.63) is 110 Å². The molecule has 0 radical (unpaired) electrons. The lowest BCUT2D eigenvalue weighted by Crippen LogP contribution is -2.59. The van der Waals surface area contributed by atoms with E-state index < -0.39 is 47.7 Å². The number of hydrogen-bond donors (Lipinski definition) is 3. The summed E-state index contributed by atoms with van der Waals surface area (Å²) >= 11 is 1.51. The lowest BCUT2D eigenvalue weighted by molar-refractivity contribution is -0.154. The number of rotatable bonds is 6. The van der Waals surface area contributed by atoms with Crippen molar-refractivity contribution in [1.82, 2.24) is 15.2 Å². The van der Waals surface area contributed by atoms with Gasteiger partial charge < -0.3 is 43.8 Å². The van der Waals surface area contributed by atoms with Crippen molar-refractivity contribution < 1.29 is 43.1 Å². The molecule has 5 aliphatic rings. The number of phenols is 1. The van der Waals surface area contributed by atoms with Crippen LogP contribution in [0.4, 0.5) is 0 Å². The van der Waals surface area contributed by atoms with Gasteiger partial charge in [0.2, 0.25) is 6.79 Å². The number of ether oxygens (including phenoxy) is 6. The quantitative estimate of drug-likeness (QED) is 0.115. The Labute approximate surface area is 369 Å². The lowest BCUT2D eigenvalue weighted by atomic mass is 9.77. The van der Waals surface area contributed by atoms with Gasteiger partial charge in [0.05, 0.1) is 31.0 Å². The largest absolute Gasteiger partial charge is 0.649 e. The number of carbonyl (C=O) groups excluding carboxylic acids is 2. The number of nitrogens with one attached hydrogen (secondary N) is 2. The third-order valence-electron chi connectivity index (χ3n) is 13.3. The van der Waals surface area contributed by atoms with E-state index in [0.29, 0.717) is 77.0 Å². The SMILES string of the molecule is COc1c(C)cc2c(c1O)[C@H]1[N-][C@@H](C2)[C@H](C#N)N([C@H]2COC(=O)[C@]3(CSCc4c(OC(C)=O)c(C)c5c(c42)OCO5)NCCc2c3[nH]c3ccc(OCc4ccccc4)cc23)C1C. The molecule has 1 saturated heterocycles. The van der Waals surface area contributed by atoms with Crippen LogP contribution in [0.25, 0.3) is 16.2 Å². The first-order valence-electron chi connectivity index (χ1n) is 21.2. The number of thioether (sulfide) groups is 1. The Morgan fingerprint density at radius 2 is 1.89 bits per heavy atom. The average Bonchev–Trinajstić information content (AvgIpc) is 3.92. The Kier molecular flexibility index (Phi) is 10.4. The van der Waals surface area contributed by atoms with E-state index in [1.54, 1.807) is 0 Å². The predicted molar refractivity (Wildman–Crippen MR) is 235 cm³/mol. The second-order valence-electron chi connectivity index (χ2n) is 16.9. The fraction of sp³-hybridized carbons (Fsp3) is 0.396. The number of aryl methyl sites for hydroxylation is 1. The summed E-state index contributed by atoms with van der Waals surface area (Å²) in [5.74, 6) is 1.96. The van der Waals surface area contributed by atoms with Gasteiger partial charge in [0.25, 0.3) is 0 Å². The molecule has 10 rings (SSSR count). The summed E-state index contributed by atoms with van der Waals surface area (Å²) in [6.07, 6.45) is 1.07. The molecule has 5 aliphatic heterocycles. The third kappa shape index (κ3) is 6.65. The Morgan fingerprint density at radius 1 is 1.08 bits per heavy atom. The second kappa shape index (κ2) is 16.0. The van der Waals surface area contributed by atoms with Crippen molar-refractivity contribution in [2.24, 2.45) is 0 Å². The summed E-state index contributed by atoms with van der Waals surface area (Å²) in [7, 11) is 1.53. The number of hydrogen-bond acceptors (Lipinski definition) is 13. The van der Waals surface area contributed by atoms with Crippen LogP contribution in [0.1, 0.15) is 76.1 Å². The molecule has 3 N–H and O–H groups in total. The molecule has 1 unspecified atom stereocenters. The minimum absolute atomic E-state index is 0.0239. The molecule has 326 valence electrons. The van der Waals surface area contributed by atoms with Crippen molar-refractivity contribution in [1.29, 1.82) is 5.26 Å². The molecule has 0 saturated carbocycles. The number of H-pyrrole nitrogens is 1. The second-order valence-corrected chi connectivity index (χ2v) is 17.9.